The molecule has 1 atom stereocenters. The Morgan fingerprint density at radius 3 is 2.74 bits per heavy atom. The molecule has 0 spiro atoms. The Labute approximate surface area is 142 Å². The van der Waals surface area contributed by atoms with E-state index in [4.69, 9.17) is 0 Å². The molecule has 0 fully saturated rings. The fourth-order valence-corrected chi connectivity index (χ4v) is 4.45. The van der Waals surface area contributed by atoms with Gasteiger partial charge in [-0.15, -0.1) is 11.3 Å². The maximum atomic E-state index is 12.7. The molecule has 1 N–H and O–H groups in total. The van der Waals surface area contributed by atoms with Gasteiger partial charge < -0.3 is 5.32 Å². The molecule has 1 aromatic carbocycles. The first-order valence-electron chi connectivity index (χ1n) is 8.72. The van der Waals surface area contributed by atoms with E-state index in [9.17, 15) is 4.79 Å². The van der Waals surface area contributed by atoms with Gasteiger partial charge >= 0.3 is 0 Å². The number of aryl methyl sites for hydroxylation is 1. The minimum atomic E-state index is 0.118. The van der Waals surface area contributed by atoms with Gasteiger partial charge in [0.25, 0.3) is 5.91 Å². The lowest BCUT2D eigenvalue weighted by molar-refractivity contribution is 0.0935. The highest BCUT2D eigenvalue weighted by atomic mass is 32.1. The average molecular weight is 327 g/mol. The zero-order valence-corrected chi connectivity index (χ0v) is 14.6. The molecule has 0 saturated carbocycles. The summed E-state index contributed by atoms with van der Waals surface area (Å²) in [7, 11) is 0. The second-order valence-electron chi connectivity index (χ2n) is 6.38. The summed E-state index contributed by atoms with van der Waals surface area (Å²) in [6.07, 6.45) is 7.83. The third-order valence-electron chi connectivity index (χ3n) is 4.71. The molecular weight excluding hydrogens is 302 g/mol. The lowest BCUT2D eigenvalue weighted by atomic mass is 10.0. The van der Waals surface area contributed by atoms with Crippen molar-refractivity contribution in [1.29, 1.82) is 0 Å². The van der Waals surface area contributed by atoms with Crippen LogP contribution in [0.4, 0.5) is 0 Å². The molecule has 122 valence electrons. The van der Waals surface area contributed by atoms with Gasteiger partial charge in [0, 0.05) is 16.3 Å². The van der Waals surface area contributed by atoms with Crippen molar-refractivity contribution >= 4 is 17.2 Å². The molecule has 1 aliphatic rings. The minimum absolute atomic E-state index is 0.118. The summed E-state index contributed by atoms with van der Waals surface area (Å²) in [5, 5.41) is 5.33. The zero-order valence-electron chi connectivity index (χ0n) is 13.8. The Bertz CT molecular complexity index is 647. The molecule has 1 aliphatic carbocycles. The second kappa shape index (κ2) is 7.78. The van der Waals surface area contributed by atoms with Gasteiger partial charge in [0.05, 0.1) is 5.56 Å². The van der Waals surface area contributed by atoms with Crippen LogP contribution in [0.5, 0.6) is 0 Å². The molecule has 3 heteroatoms. The van der Waals surface area contributed by atoms with E-state index in [0.29, 0.717) is 0 Å². The summed E-state index contributed by atoms with van der Waals surface area (Å²) in [6, 6.07) is 10.6. The molecule has 1 aromatic heterocycles. The van der Waals surface area contributed by atoms with Crippen LogP contribution in [-0.2, 0) is 19.3 Å². The van der Waals surface area contributed by atoms with Gasteiger partial charge in [-0.25, -0.2) is 0 Å². The summed E-state index contributed by atoms with van der Waals surface area (Å²) in [4.78, 5) is 14.2. The number of thiophene rings is 1. The SMILES string of the molecule is CC[C@H](Cc1ccccc1)NC(=O)c1csc2c1CCCCC2. The van der Waals surface area contributed by atoms with E-state index in [-0.39, 0.29) is 11.9 Å². The first-order valence-corrected chi connectivity index (χ1v) is 9.60. The van der Waals surface area contributed by atoms with E-state index < -0.39 is 0 Å². The molecule has 0 unspecified atom stereocenters. The van der Waals surface area contributed by atoms with Gasteiger partial charge in [-0.2, -0.15) is 0 Å². The first-order chi connectivity index (χ1) is 11.3. The van der Waals surface area contributed by atoms with Gasteiger partial charge in [-0.3, -0.25) is 4.79 Å². The molecule has 1 heterocycles. The number of hydrogen-bond acceptors (Lipinski definition) is 2. The van der Waals surface area contributed by atoms with Crippen LogP contribution < -0.4 is 5.32 Å². The van der Waals surface area contributed by atoms with E-state index in [2.05, 4.69) is 41.9 Å². The van der Waals surface area contributed by atoms with Crippen molar-refractivity contribution < 1.29 is 4.79 Å². The molecule has 1 amide bonds. The Kier molecular flexibility index (Phi) is 5.50. The lowest BCUT2D eigenvalue weighted by Gasteiger charge is -2.17. The lowest BCUT2D eigenvalue weighted by Crippen LogP contribution is -2.36. The van der Waals surface area contributed by atoms with Gasteiger partial charge in [-0.05, 0) is 49.7 Å². The maximum Gasteiger partial charge on any atom is 0.252 e. The quantitative estimate of drug-likeness (QED) is 0.788. The van der Waals surface area contributed by atoms with E-state index in [1.807, 2.05) is 6.07 Å². The molecule has 0 radical (unpaired) electrons. The fraction of sp³-hybridized carbons (Fsp3) is 0.450. The number of rotatable bonds is 5. The molecule has 2 nitrogen and oxygen atoms in total. The van der Waals surface area contributed by atoms with Crippen molar-refractivity contribution in [1.82, 2.24) is 5.32 Å². The van der Waals surface area contributed by atoms with E-state index in [1.165, 1.54) is 35.3 Å². The van der Waals surface area contributed by atoms with Gasteiger partial charge in [0.15, 0.2) is 0 Å². The summed E-state index contributed by atoms with van der Waals surface area (Å²) >= 11 is 1.77. The standard InChI is InChI=1S/C20H25NOS/c1-2-16(13-15-9-5-3-6-10-15)21-20(22)18-14-23-19-12-8-4-7-11-17(18)19/h3,5-6,9-10,14,16H,2,4,7-8,11-13H2,1H3,(H,21,22)/t16-/m1/s1. The molecule has 0 saturated heterocycles. The van der Waals surface area contributed by atoms with Crippen molar-refractivity contribution in [2.75, 3.05) is 0 Å². The van der Waals surface area contributed by atoms with Crippen molar-refractivity contribution in [3.63, 3.8) is 0 Å². The third-order valence-corrected chi connectivity index (χ3v) is 5.80. The number of carbonyl (C=O) groups is 1. The summed E-state index contributed by atoms with van der Waals surface area (Å²) < 4.78 is 0. The highest BCUT2D eigenvalue weighted by Gasteiger charge is 2.21. The van der Waals surface area contributed by atoms with Crippen LogP contribution in [0.25, 0.3) is 0 Å². The van der Waals surface area contributed by atoms with Crippen LogP contribution in [-0.4, -0.2) is 11.9 Å². The van der Waals surface area contributed by atoms with Crippen molar-refractivity contribution in [3.8, 4) is 0 Å². The van der Waals surface area contributed by atoms with Crippen LogP contribution in [0, 0.1) is 0 Å². The second-order valence-corrected chi connectivity index (χ2v) is 7.34. The molecule has 23 heavy (non-hydrogen) atoms. The summed E-state index contributed by atoms with van der Waals surface area (Å²) in [5.74, 6) is 0.118. The van der Waals surface area contributed by atoms with Gasteiger partial charge in [0.1, 0.15) is 0 Å². The predicted octanol–water partition coefficient (Wildman–Crippen LogP) is 4.77. The smallest absolute Gasteiger partial charge is 0.252 e. The van der Waals surface area contributed by atoms with E-state index in [0.717, 1.165) is 31.2 Å². The monoisotopic (exact) mass is 327 g/mol. The van der Waals surface area contributed by atoms with Crippen LogP contribution >= 0.6 is 11.3 Å². The molecule has 0 aliphatic heterocycles. The number of benzene rings is 1. The largest absolute Gasteiger partial charge is 0.349 e. The topological polar surface area (TPSA) is 29.1 Å². The fourth-order valence-electron chi connectivity index (χ4n) is 3.32. The molecular formula is C20H25NOS. The maximum absolute atomic E-state index is 12.7. The predicted molar refractivity (Wildman–Crippen MR) is 97.3 cm³/mol. The van der Waals surface area contributed by atoms with E-state index >= 15 is 0 Å². The molecule has 3 rings (SSSR count). The Morgan fingerprint density at radius 1 is 1.17 bits per heavy atom. The number of hydrogen-bond donors (Lipinski definition) is 1. The Hall–Kier alpha value is -1.61. The minimum Gasteiger partial charge on any atom is -0.349 e. The number of fused-ring (bicyclic) bond motifs is 1. The van der Waals surface area contributed by atoms with Crippen LogP contribution in [0.3, 0.4) is 0 Å². The van der Waals surface area contributed by atoms with Crippen LogP contribution in [0.15, 0.2) is 35.7 Å². The van der Waals surface area contributed by atoms with Crippen LogP contribution in [0.1, 0.15) is 59.0 Å². The Morgan fingerprint density at radius 2 is 1.96 bits per heavy atom. The summed E-state index contributed by atoms with van der Waals surface area (Å²) in [6.45, 7) is 2.14. The molecule has 0 bridgehead atoms. The van der Waals surface area contributed by atoms with Crippen molar-refractivity contribution in [2.45, 2.75) is 57.9 Å². The van der Waals surface area contributed by atoms with Gasteiger partial charge in [0.2, 0.25) is 0 Å². The van der Waals surface area contributed by atoms with Crippen molar-refractivity contribution in [2.24, 2.45) is 0 Å². The number of amides is 1. The highest BCUT2D eigenvalue weighted by molar-refractivity contribution is 7.10. The van der Waals surface area contributed by atoms with Crippen LogP contribution in [0.2, 0.25) is 0 Å². The number of carbonyl (C=O) groups excluding carboxylic acids is 1. The van der Waals surface area contributed by atoms with Crippen molar-refractivity contribution in [3.05, 3.63) is 57.3 Å². The number of nitrogens with one attached hydrogen (secondary N) is 1. The first kappa shape index (κ1) is 16.3. The molecule has 2 aromatic rings. The Balaban J connectivity index is 1.69. The van der Waals surface area contributed by atoms with Gasteiger partial charge in [-0.1, -0.05) is 43.7 Å². The normalized spacial score (nSPS) is 15.5. The third kappa shape index (κ3) is 4.03. The highest BCUT2D eigenvalue weighted by Crippen LogP contribution is 2.29. The summed E-state index contributed by atoms with van der Waals surface area (Å²) in [5.41, 5.74) is 3.53. The van der Waals surface area contributed by atoms with E-state index in [1.54, 1.807) is 11.3 Å². The zero-order chi connectivity index (χ0) is 16.1. The average Bonchev–Trinajstić information content (AvgIpc) is 2.84.